The first-order valence-corrected chi connectivity index (χ1v) is 16.1. The summed E-state index contributed by atoms with van der Waals surface area (Å²) in [5.41, 5.74) is 6.02. The van der Waals surface area contributed by atoms with Crippen LogP contribution in [0.2, 0.25) is 0 Å². The molecular weight excluding hydrogens is 607 g/mol. The van der Waals surface area contributed by atoms with E-state index in [1.165, 1.54) is 16.9 Å². The number of aromatic nitrogens is 3. The number of halogens is 3. The highest BCUT2D eigenvalue weighted by Crippen LogP contribution is 2.42. The summed E-state index contributed by atoms with van der Waals surface area (Å²) in [6, 6.07) is 19.4. The standard InChI is InChI=1S/C35H36F3N7O2/c36-35(37,38)16-13-31(46)43-19-14-23(15-20-43)27-7-4-18-45-32(27)41-34(42-45)40-26-11-9-24(10-12-26)33(47)44-22-29(25-5-3-17-39-21-25)28-6-1-2-8-30(28)44/h1-2,4,6-12,14,18,25,29,39H,3,5,13,15-17,19-22H2,(H,40,42). The number of alkyl halides is 3. The van der Waals surface area contributed by atoms with Gasteiger partial charge in [0.2, 0.25) is 11.9 Å². The molecule has 4 aromatic rings. The van der Waals surface area contributed by atoms with Crippen molar-refractivity contribution < 1.29 is 22.8 Å². The zero-order valence-electron chi connectivity index (χ0n) is 25.8. The van der Waals surface area contributed by atoms with Crippen molar-refractivity contribution in [3.8, 4) is 0 Å². The number of anilines is 3. The maximum absolute atomic E-state index is 13.7. The molecule has 7 rings (SSSR count). The van der Waals surface area contributed by atoms with E-state index in [-0.39, 0.29) is 12.5 Å². The lowest BCUT2D eigenvalue weighted by Crippen LogP contribution is -2.36. The normalized spacial score (nSPS) is 19.9. The molecule has 2 unspecified atom stereocenters. The molecule has 3 aliphatic rings. The van der Waals surface area contributed by atoms with Crippen LogP contribution in [0.1, 0.15) is 59.5 Å². The maximum Gasteiger partial charge on any atom is 0.389 e. The van der Waals surface area contributed by atoms with Gasteiger partial charge in [-0.25, -0.2) is 4.52 Å². The molecule has 2 amide bonds. The van der Waals surface area contributed by atoms with E-state index in [1.54, 1.807) is 10.7 Å². The highest BCUT2D eigenvalue weighted by atomic mass is 19.4. The molecule has 1 fully saturated rings. The SMILES string of the molecule is O=C(CCC(F)(F)F)N1CC=C(c2cccn3nc(Nc4ccc(C(=O)N5CC(C6CCCNC6)c6ccccc65)cc4)nc23)CC1. The minimum absolute atomic E-state index is 0.0212. The van der Waals surface area contributed by atoms with Gasteiger partial charge in [-0.2, -0.15) is 18.2 Å². The summed E-state index contributed by atoms with van der Waals surface area (Å²) in [6.07, 6.45) is 0.483. The van der Waals surface area contributed by atoms with Gasteiger partial charge in [0.15, 0.2) is 5.65 Å². The van der Waals surface area contributed by atoms with E-state index >= 15 is 0 Å². The maximum atomic E-state index is 13.7. The van der Waals surface area contributed by atoms with E-state index in [0.29, 0.717) is 48.5 Å². The summed E-state index contributed by atoms with van der Waals surface area (Å²) in [5.74, 6) is 0.701. The number of amides is 2. The summed E-state index contributed by atoms with van der Waals surface area (Å²) in [5, 5.41) is 11.3. The van der Waals surface area contributed by atoms with Crippen LogP contribution in [0.4, 0.5) is 30.5 Å². The molecule has 2 aromatic carbocycles. The molecule has 9 nitrogen and oxygen atoms in total. The number of para-hydroxylation sites is 1. The third-order valence-corrected chi connectivity index (χ3v) is 9.44. The number of carbonyl (C=O) groups excluding carboxylic acids is 2. The van der Waals surface area contributed by atoms with Crippen molar-refractivity contribution in [3.05, 3.63) is 89.6 Å². The highest BCUT2D eigenvalue weighted by molar-refractivity contribution is 6.07. The molecule has 0 radical (unpaired) electrons. The van der Waals surface area contributed by atoms with E-state index in [2.05, 4.69) is 27.9 Å². The van der Waals surface area contributed by atoms with Gasteiger partial charge in [0.25, 0.3) is 5.91 Å². The van der Waals surface area contributed by atoms with Crippen LogP contribution in [0.25, 0.3) is 11.2 Å². The Bertz CT molecular complexity index is 1810. The molecule has 47 heavy (non-hydrogen) atoms. The Balaban J connectivity index is 1.02. The average molecular weight is 644 g/mol. The number of carbonyl (C=O) groups is 2. The molecule has 1 saturated heterocycles. The lowest BCUT2D eigenvalue weighted by molar-refractivity contribution is -0.148. The summed E-state index contributed by atoms with van der Waals surface area (Å²) in [4.78, 5) is 34.1. The van der Waals surface area contributed by atoms with Crippen LogP contribution in [-0.2, 0) is 4.79 Å². The molecule has 2 N–H and O–H groups in total. The summed E-state index contributed by atoms with van der Waals surface area (Å²) >= 11 is 0. The first-order valence-electron chi connectivity index (χ1n) is 16.1. The fourth-order valence-corrected chi connectivity index (χ4v) is 7.00. The minimum Gasteiger partial charge on any atom is -0.339 e. The Kier molecular flexibility index (Phi) is 8.44. The van der Waals surface area contributed by atoms with Gasteiger partial charge in [0.1, 0.15) is 0 Å². The van der Waals surface area contributed by atoms with E-state index < -0.39 is 24.9 Å². The number of benzene rings is 2. The zero-order valence-corrected chi connectivity index (χ0v) is 25.8. The molecule has 0 spiro atoms. The molecule has 0 bridgehead atoms. The average Bonchev–Trinajstić information content (AvgIpc) is 3.69. The number of nitrogens with one attached hydrogen (secondary N) is 2. The lowest BCUT2D eigenvalue weighted by atomic mass is 9.83. The van der Waals surface area contributed by atoms with Crippen LogP contribution in [0.15, 0.2) is 72.9 Å². The van der Waals surface area contributed by atoms with E-state index in [1.807, 2.05) is 59.5 Å². The minimum atomic E-state index is -4.35. The van der Waals surface area contributed by atoms with E-state index in [0.717, 1.165) is 42.0 Å². The van der Waals surface area contributed by atoms with Crippen LogP contribution in [0.3, 0.4) is 0 Å². The summed E-state index contributed by atoms with van der Waals surface area (Å²) in [7, 11) is 0. The molecule has 5 heterocycles. The lowest BCUT2D eigenvalue weighted by Gasteiger charge is -2.28. The van der Waals surface area contributed by atoms with Crippen LogP contribution < -0.4 is 15.5 Å². The number of rotatable bonds is 7. The second-order valence-electron chi connectivity index (χ2n) is 12.4. The van der Waals surface area contributed by atoms with E-state index in [4.69, 9.17) is 4.98 Å². The van der Waals surface area contributed by atoms with Gasteiger partial charge in [0, 0.05) is 60.7 Å². The molecule has 244 valence electrons. The van der Waals surface area contributed by atoms with Crippen molar-refractivity contribution in [1.82, 2.24) is 24.8 Å². The Hall–Kier alpha value is -4.71. The fraction of sp³-hybridized carbons (Fsp3) is 0.371. The van der Waals surface area contributed by atoms with Gasteiger partial charge in [-0.15, -0.1) is 5.10 Å². The van der Waals surface area contributed by atoms with Crippen LogP contribution in [0, 0.1) is 5.92 Å². The Morgan fingerprint density at radius 3 is 2.62 bits per heavy atom. The number of piperidine rings is 1. The summed E-state index contributed by atoms with van der Waals surface area (Å²) < 4.78 is 39.3. The van der Waals surface area contributed by atoms with Crippen molar-refractivity contribution in [2.24, 2.45) is 5.92 Å². The first kappa shape index (κ1) is 30.9. The third-order valence-electron chi connectivity index (χ3n) is 9.44. The van der Waals surface area contributed by atoms with Crippen LogP contribution >= 0.6 is 0 Å². The Morgan fingerprint density at radius 1 is 1.04 bits per heavy atom. The number of fused-ring (bicyclic) bond motifs is 2. The van der Waals surface area contributed by atoms with Gasteiger partial charge < -0.3 is 20.4 Å². The number of nitrogens with zero attached hydrogens (tertiary/aromatic N) is 5. The van der Waals surface area contributed by atoms with Gasteiger partial charge >= 0.3 is 6.18 Å². The predicted octanol–water partition coefficient (Wildman–Crippen LogP) is 6.17. The predicted molar refractivity (Wildman–Crippen MR) is 174 cm³/mol. The molecule has 2 aromatic heterocycles. The fourth-order valence-electron chi connectivity index (χ4n) is 7.00. The van der Waals surface area contributed by atoms with Crippen molar-refractivity contribution in [2.75, 3.05) is 42.9 Å². The largest absolute Gasteiger partial charge is 0.389 e. The van der Waals surface area contributed by atoms with Gasteiger partial charge in [0.05, 0.1) is 6.42 Å². The van der Waals surface area contributed by atoms with Gasteiger partial charge in [-0.3, -0.25) is 9.59 Å². The third kappa shape index (κ3) is 6.60. The molecular formula is C35H36F3N7O2. The molecule has 3 aliphatic heterocycles. The number of pyridine rings is 1. The van der Waals surface area contributed by atoms with Crippen LogP contribution in [0.5, 0.6) is 0 Å². The monoisotopic (exact) mass is 643 g/mol. The quantitative estimate of drug-likeness (QED) is 0.250. The summed E-state index contributed by atoms with van der Waals surface area (Å²) in [6.45, 7) is 3.31. The highest BCUT2D eigenvalue weighted by Gasteiger charge is 2.37. The number of hydrogen-bond acceptors (Lipinski definition) is 6. The molecule has 0 saturated carbocycles. The molecule has 2 atom stereocenters. The molecule has 12 heteroatoms. The van der Waals surface area contributed by atoms with Crippen molar-refractivity contribution in [1.29, 1.82) is 0 Å². The topological polar surface area (TPSA) is 94.9 Å². The van der Waals surface area contributed by atoms with E-state index in [9.17, 15) is 22.8 Å². The smallest absolute Gasteiger partial charge is 0.339 e. The van der Waals surface area contributed by atoms with Gasteiger partial charge in [-0.1, -0.05) is 24.3 Å². The molecule has 0 aliphatic carbocycles. The second-order valence-corrected chi connectivity index (χ2v) is 12.4. The van der Waals surface area contributed by atoms with Crippen LogP contribution in [-0.4, -0.2) is 70.2 Å². The van der Waals surface area contributed by atoms with Crippen molar-refractivity contribution in [3.63, 3.8) is 0 Å². The van der Waals surface area contributed by atoms with Crippen molar-refractivity contribution in [2.45, 2.75) is 44.2 Å². The second kappa shape index (κ2) is 12.8. The van der Waals surface area contributed by atoms with Gasteiger partial charge in [-0.05, 0) is 91.9 Å². The Morgan fingerprint density at radius 2 is 1.87 bits per heavy atom. The van der Waals surface area contributed by atoms with Crippen molar-refractivity contribution >= 4 is 40.4 Å². The number of hydrogen-bond donors (Lipinski definition) is 2. The first-order chi connectivity index (χ1) is 22.7. The zero-order chi connectivity index (χ0) is 32.5. The Labute approximate surface area is 270 Å².